The summed E-state index contributed by atoms with van der Waals surface area (Å²) in [6.45, 7) is 13.4. The van der Waals surface area contributed by atoms with E-state index in [2.05, 4.69) is 5.32 Å². The minimum Gasteiger partial charge on any atom is -0.444 e. The van der Waals surface area contributed by atoms with Gasteiger partial charge in [0.2, 0.25) is 5.91 Å². The lowest BCUT2D eigenvalue weighted by atomic mass is 10.1. The Balaban J connectivity index is 2.56. The molecule has 0 aromatic carbocycles. The van der Waals surface area contributed by atoms with Crippen molar-refractivity contribution in [2.75, 3.05) is 26.7 Å². The summed E-state index contributed by atoms with van der Waals surface area (Å²) < 4.78 is 5.47. The Hall–Kier alpha value is -1.30. The van der Waals surface area contributed by atoms with Gasteiger partial charge in [-0.15, -0.1) is 0 Å². The zero-order valence-electron chi connectivity index (χ0n) is 15.0. The van der Waals surface area contributed by atoms with E-state index < -0.39 is 5.60 Å². The summed E-state index contributed by atoms with van der Waals surface area (Å²) in [6.07, 6.45) is 0.494. The molecule has 1 unspecified atom stereocenters. The van der Waals surface area contributed by atoms with Gasteiger partial charge in [-0.1, -0.05) is 0 Å². The Labute approximate surface area is 134 Å². The zero-order chi connectivity index (χ0) is 17.1. The molecule has 0 aromatic rings. The van der Waals surface area contributed by atoms with E-state index in [9.17, 15) is 9.59 Å². The molecule has 2 amide bonds. The summed E-state index contributed by atoms with van der Waals surface area (Å²) in [7, 11) is 1.81. The molecule has 1 atom stereocenters. The van der Waals surface area contributed by atoms with Gasteiger partial charge in [0, 0.05) is 32.2 Å². The van der Waals surface area contributed by atoms with E-state index in [1.165, 1.54) is 0 Å². The number of likely N-dealkylation sites (tertiary alicyclic amines) is 1. The Morgan fingerprint density at radius 1 is 1.32 bits per heavy atom. The van der Waals surface area contributed by atoms with Gasteiger partial charge in [-0.2, -0.15) is 0 Å². The molecule has 1 aliphatic rings. The van der Waals surface area contributed by atoms with Gasteiger partial charge in [-0.05, 0) is 48.0 Å². The lowest BCUT2D eigenvalue weighted by Crippen LogP contribution is -2.51. The molecule has 1 N–H and O–H groups in total. The molecule has 1 aliphatic heterocycles. The van der Waals surface area contributed by atoms with Gasteiger partial charge in [0.1, 0.15) is 5.60 Å². The van der Waals surface area contributed by atoms with Crippen molar-refractivity contribution in [3.8, 4) is 0 Å². The highest BCUT2D eigenvalue weighted by Gasteiger charge is 2.32. The fourth-order valence-corrected chi connectivity index (χ4v) is 2.38. The van der Waals surface area contributed by atoms with Crippen LogP contribution in [0.4, 0.5) is 4.79 Å². The summed E-state index contributed by atoms with van der Waals surface area (Å²) in [5.41, 5.74) is -0.849. The van der Waals surface area contributed by atoms with Crippen LogP contribution in [0.5, 0.6) is 0 Å². The predicted octanol–water partition coefficient (Wildman–Crippen LogP) is 1.84. The molecule has 1 rings (SSSR count). The number of hydrogen-bond acceptors (Lipinski definition) is 4. The molecule has 1 heterocycles. The van der Waals surface area contributed by atoms with Crippen LogP contribution in [-0.4, -0.2) is 65.7 Å². The number of nitrogens with zero attached hydrogens (tertiary/aromatic N) is 2. The summed E-state index contributed by atoms with van der Waals surface area (Å²) >= 11 is 0. The largest absolute Gasteiger partial charge is 0.444 e. The number of rotatable bonds is 4. The second kappa shape index (κ2) is 6.86. The van der Waals surface area contributed by atoms with Crippen molar-refractivity contribution in [2.24, 2.45) is 0 Å². The highest BCUT2D eigenvalue weighted by Crippen LogP contribution is 2.18. The van der Waals surface area contributed by atoms with Crippen LogP contribution in [0.1, 0.15) is 48.0 Å². The molecule has 0 aliphatic carbocycles. The first kappa shape index (κ1) is 18.7. The van der Waals surface area contributed by atoms with Crippen LogP contribution in [0.25, 0.3) is 0 Å². The SMILES string of the molecule is CN1CCC(NCCN(C(=O)OC(C)(C)C)C(C)(C)C)C1=O. The standard InChI is InChI=1S/C16H31N3O3/c1-15(2,3)19(14(21)22-16(4,5)6)11-9-17-12-8-10-18(7)13(12)20/h12,17H,8-11H2,1-7H3. The van der Waals surface area contributed by atoms with Crippen LogP contribution >= 0.6 is 0 Å². The molecule has 22 heavy (non-hydrogen) atoms. The average molecular weight is 313 g/mol. The Kier molecular flexibility index (Phi) is 5.84. The highest BCUT2D eigenvalue weighted by molar-refractivity contribution is 5.83. The summed E-state index contributed by atoms with van der Waals surface area (Å²) in [5.74, 6) is 0.125. The lowest BCUT2D eigenvalue weighted by Gasteiger charge is -2.37. The van der Waals surface area contributed by atoms with Gasteiger partial charge >= 0.3 is 6.09 Å². The molecule has 0 saturated carbocycles. The van der Waals surface area contributed by atoms with E-state index in [0.717, 1.165) is 13.0 Å². The fraction of sp³-hybridized carbons (Fsp3) is 0.875. The quantitative estimate of drug-likeness (QED) is 0.860. The molecule has 1 fully saturated rings. The fourth-order valence-electron chi connectivity index (χ4n) is 2.38. The third-order valence-corrected chi connectivity index (χ3v) is 3.58. The van der Waals surface area contributed by atoms with Gasteiger partial charge in [0.15, 0.2) is 0 Å². The minimum absolute atomic E-state index is 0.125. The summed E-state index contributed by atoms with van der Waals surface area (Å²) in [4.78, 5) is 27.6. The molecule has 128 valence electrons. The van der Waals surface area contributed by atoms with E-state index in [0.29, 0.717) is 13.1 Å². The van der Waals surface area contributed by atoms with Crippen LogP contribution in [0.3, 0.4) is 0 Å². The van der Waals surface area contributed by atoms with E-state index in [-0.39, 0.29) is 23.6 Å². The predicted molar refractivity (Wildman–Crippen MR) is 86.7 cm³/mol. The molecule has 1 saturated heterocycles. The van der Waals surface area contributed by atoms with E-state index in [4.69, 9.17) is 4.74 Å². The molecule has 6 nitrogen and oxygen atoms in total. The number of hydrogen-bond donors (Lipinski definition) is 1. The normalized spacial score (nSPS) is 19.5. The third-order valence-electron chi connectivity index (χ3n) is 3.58. The first-order valence-corrected chi connectivity index (χ1v) is 7.91. The Morgan fingerprint density at radius 2 is 1.91 bits per heavy atom. The van der Waals surface area contributed by atoms with Crippen molar-refractivity contribution >= 4 is 12.0 Å². The second-order valence-corrected chi connectivity index (χ2v) is 7.86. The zero-order valence-corrected chi connectivity index (χ0v) is 15.0. The molecule has 6 heteroatoms. The van der Waals surface area contributed by atoms with Gasteiger partial charge in [-0.3, -0.25) is 4.79 Å². The van der Waals surface area contributed by atoms with Gasteiger partial charge in [0.25, 0.3) is 0 Å². The van der Waals surface area contributed by atoms with Crippen LogP contribution in [-0.2, 0) is 9.53 Å². The number of likely N-dealkylation sites (N-methyl/N-ethyl adjacent to an activating group) is 1. The third kappa shape index (κ3) is 5.48. The molecule has 0 aromatic heterocycles. The number of nitrogens with one attached hydrogen (secondary N) is 1. The maximum Gasteiger partial charge on any atom is 0.410 e. The topological polar surface area (TPSA) is 61.9 Å². The monoisotopic (exact) mass is 313 g/mol. The van der Waals surface area contributed by atoms with Crippen molar-refractivity contribution in [3.05, 3.63) is 0 Å². The Morgan fingerprint density at radius 3 is 2.32 bits per heavy atom. The number of carbonyl (C=O) groups excluding carboxylic acids is 2. The summed E-state index contributed by atoms with van der Waals surface area (Å²) in [5, 5.41) is 3.24. The Bertz CT molecular complexity index is 410. The first-order chi connectivity index (χ1) is 9.92. The lowest BCUT2D eigenvalue weighted by molar-refractivity contribution is -0.128. The van der Waals surface area contributed by atoms with Crippen LogP contribution in [0, 0.1) is 0 Å². The summed E-state index contributed by atoms with van der Waals surface area (Å²) in [6, 6.07) is -0.134. The van der Waals surface area contributed by atoms with Crippen LogP contribution in [0.15, 0.2) is 0 Å². The van der Waals surface area contributed by atoms with E-state index >= 15 is 0 Å². The first-order valence-electron chi connectivity index (χ1n) is 7.91. The number of carbonyl (C=O) groups is 2. The minimum atomic E-state index is -0.516. The van der Waals surface area contributed by atoms with Gasteiger partial charge < -0.3 is 19.9 Å². The number of amides is 2. The second-order valence-electron chi connectivity index (χ2n) is 7.86. The van der Waals surface area contributed by atoms with Crippen molar-refractivity contribution in [3.63, 3.8) is 0 Å². The van der Waals surface area contributed by atoms with Crippen molar-refractivity contribution in [1.82, 2.24) is 15.1 Å². The van der Waals surface area contributed by atoms with Gasteiger partial charge in [-0.25, -0.2) is 4.79 Å². The molecule has 0 spiro atoms. The number of ether oxygens (including phenoxy) is 1. The smallest absolute Gasteiger partial charge is 0.410 e. The van der Waals surface area contributed by atoms with Crippen molar-refractivity contribution < 1.29 is 14.3 Å². The van der Waals surface area contributed by atoms with Crippen molar-refractivity contribution in [1.29, 1.82) is 0 Å². The maximum atomic E-state index is 12.3. The molecular weight excluding hydrogens is 282 g/mol. The highest BCUT2D eigenvalue weighted by atomic mass is 16.6. The van der Waals surface area contributed by atoms with Gasteiger partial charge in [0.05, 0.1) is 6.04 Å². The van der Waals surface area contributed by atoms with E-state index in [1.54, 1.807) is 9.80 Å². The molecular formula is C16H31N3O3. The molecule has 0 bridgehead atoms. The van der Waals surface area contributed by atoms with Crippen LogP contribution < -0.4 is 5.32 Å². The molecule has 0 radical (unpaired) electrons. The van der Waals surface area contributed by atoms with Crippen LogP contribution in [0.2, 0.25) is 0 Å². The van der Waals surface area contributed by atoms with E-state index in [1.807, 2.05) is 48.6 Å². The maximum absolute atomic E-state index is 12.3. The van der Waals surface area contributed by atoms with Crippen molar-refractivity contribution in [2.45, 2.75) is 65.1 Å². The average Bonchev–Trinajstić information content (AvgIpc) is 2.62.